The Labute approximate surface area is 61.8 Å². The third-order valence-electron chi connectivity index (χ3n) is 1.43. The SMILES string of the molecule is CCCOC=C1OC1CC. The lowest BCUT2D eigenvalue weighted by Gasteiger charge is -1.91. The van der Waals surface area contributed by atoms with Gasteiger partial charge >= 0.3 is 0 Å². The molecule has 0 radical (unpaired) electrons. The van der Waals surface area contributed by atoms with Gasteiger partial charge < -0.3 is 9.47 Å². The van der Waals surface area contributed by atoms with Crippen molar-refractivity contribution in [2.45, 2.75) is 32.8 Å². The molecule has 1 aliphatic rings. The first-order valence-corrected chi connectivity index (χ1v) is 3.86. The highest BCUT2D eigenvalue weighted by atomic mass is 16.6. The average Bonchev–Trinajstić information content (AvgIpc) is 2.68. The number of ether oxygens (including phenoxy) is 2. The third kappa shape index (κ3) is 1.94. The van der Waals surface area contributed by atoms with Crippen LogP contribution >= 0.6 is 0 Å². The molecule has 1 unspecified atom stereocenters. The van der Waals surface area contributed by atoms with E-state index in [1.807, 2.05) is 0 Å². The van der Waals surface area contributed by atoms with Crippen LogP contribution in [0.1, 0.15) is 26.7 Å². The Bertz CT molecular complexity index is 129. The van der Waals surface area contributed by atoms with Gasteiger partial charge in [0, 0.05) is 0 Å². The molecule has 1 fully saturated rings. The van der Waals surface area contributed by atoms with Crippen molar-refractivity contribution in [2.75, 3.05) is 6.61 Å². The molecule has 0 aromatic rings. The molecular weight excluding hydrogens is 128 g/mol. The molecule has 10 heavy (non-hydrogen) atoms. The molecule has 1 rings (SSSR count). The summed E-state index contributed by atoms with van der Waals surface area (Å²) in [5.41, 5.74) is 0. The molecule has 0 saturated carbocycles. The fourth-order valence-electron chi connectivity index (χ4n) is 0.777. The van der Waals surface area contributed by atoms with E-state index in [9.17, 15) is 0 Å². The normalized spacial score (nSPS) is 26.2. The molecule has 2 heteroatoms. The van der Waals surface area contributed by atoms with Crippen LogP contribution < -0.4 is 0 Å². The number of epoxide rings is 1. The van der Waals surface area contributed by atoms with Gasteiger partial charge in [0.15, 0.2) is 11.9 Å². The molecule has 1 atom stereocenters. The Morgan fingerprint density at radius 2 is 2.40 bits per heavy atom. The molecule has 0 aromatic heterocycles. The van der Waals surface area contributed by atoms with Gasteiger partial charge in [-0.25, -0.2) is 0 Å². The van der Waals surface area contributed by atoms with E-state index in [2.05, 4.69) is 13.8 Å². The highest BCUT2D eigenvalue weighted by Gasteiger charge is 2.30. The van der Waals surface area contributed by atoms with E-state index in [0.29, 0.717) is 6.10 Å². The molecule has 0 bridgehead atoms. The molecule has 58 valence electrons. The smallest absolute Gasteiger partial charge is 0.172 e. The van der Waals surface area contributed by atoms with Crippen molar-refractivity contribution in [3.8, 4) is 0 Å². The fourth-order valence-corrected chi connectivity index (χ4v) is 0.777. The van der Waals surface area contributed by atoms with Gasteiger partial charge in [0.1, 0.15) is 6.26 Å². The predicted octanol–water partition coefficient (Wildman–Crippen LogP) is 2.06. The van der Waals surface area contributed by atoms with Gasteiger partial charge in [0.2, 0.25) is 0 Å². The second-order valence-electron chi connectivity index (χ2n) is 2.41. The van der Waals surface area contributed by atoms with E-state index < -0.39 is 0 Å². The van der Waals surface area contributed by atoms with Crippen LogP contribution in [-0.4, -0.2) is 12.7 Å². The predicted molar refractivity (Wildman–Crippen MR) is 39.5 cm³/mol. The molecule has 0 amide bonds. The van der Waals surface area contributed by atoms with Crippen molar-refractivity contribution in [2.24, 2.45) is 0 Å². The minimum absolute atomic E-state index is 0.358. The van der Waals surface area contributed by atoms with Gasteiger partial charge in [-0.1, -0.05) is 13.8 Å². The fraction of sp³-hybridized carbons (Fsp3) is 0.750. The monoisotopic (exact) mass is 142 g/mol. The van der Waals surface area contributed by atoms with E-state index >= 15 is 0 Å². The van der Waals surface area contributed by atoms with Gasteiger partial charge in [-0.2, -0.15) is 0 Å². The summed E-state index contributed by atoms with van der Waals surface area (Å²) in [7, 11) is 0. The Kier molecular flexibility index (Phi) is 2.60. The van der Waals surface area contributed by atoms with Crippen LogP contribution in [0.25, 0.3) is 0 Å². The van der Waals surface area contributed by atoms with E-state index in [-0.39, 0.29) is 0 Å². The topological polar surface area (TPSA) is 21.8 Å². The first-order chi connectivity index (χ1) is 4.88. The molecule has 0 aliphatic carbocycles. The lowest BCUT2D eigenvalue weighted by atomic mass is 10.3. The van der Waals surface area contributed by atoms with E-state index in [0.717, 1.165) is 25.2 Å². The van der Waals surface area contributed by atoms with Gasteiger partial charge in [0.25, 0.3) is 0 Å². The largest absolute Gasteiger partial charge is 0.498 e. The Morgan fingerprint density at radius 3 is 2.90 bits per heavy atom. The average molecular weight is 142 g/mol. The zero-order chi connectivity index (χ0) is 7.40. The second-order valence-corrected chi connectivity index (χ2v) is 2.41. The summed E-state index contributed by atoms with van der Waals surface area (Å²) in [5, 5.41) is 0. The molecule has 1 heterocycles. The summed E-state index contributed by atoms with van der Waals surface area (Å²) in [6.07, 6.45) is 4.20. The summed E-state index contributed by atoms with van der Waals surface area (Å²) >= 11 is 0. The molecule has 1 aliphatic heterocycles. The van der Waals surface area contributed by atoms with Crippen molar-refractivity contribution < 1.29 is 9.47 Å². The second kappa shape index (κ2) is 3.49. The standard InChI is InChI=1S/C8H14O2/c1-3-5-9-6-8-7(4-2)10-8/h6-7H,3-5H2,1-2H3. The maximum absolute atomic E-state index is 5.15. The zero-order valence-electron chi connectivity index (χ0n) is 6.59. The van der Waals surface area contributed by atoms with Crippen LogP contribution in [0.3, 0.4) is 0 Å². The molecule has 0 aromatic carbocycles. The lowest BCUT2D eigenvalue weighted by molar-refractivity contribution is 0.244. The van der Waals surface area contributed by atoms with Crippen LogP contribution in [-0.2, 0) is 9.47 Å². The number of hydrogen-bond donors (Lipinski definition) is 0. The minimum atomic E-state index is 0.358. The van der Waals surface area contributed by atoms with E-state index in [1.54, 1.807) is 6.26 Å². The van der Waals surface area contributed by atoms with E-state index in [1.165, 1.54) is 0 Å². The Morgan fingerprint density at radius 1 is 1.60 bits per heavy atom. The van der Waals surface area contributed by atoms with Crippen molar-refractivity contribution >= 4 is 0 Å². The first kappa shape index (κ1) is 7.45. The van der Waals surface area contributed by atoms with E-state index in [4.69, 9.17) is 9.47 Å². The number of hydrogen-bond acceptors (Lipinski definition) is 2. The lowest BCUT2D eigenvalue weighted by Crippen LogP contribution is -1.83. The maximum atomic E-state index is 5.15. The summed E-state index contributed by atoms with van der Waals surface area (Å²) in [6, 6.07) is 0. The van der Waals surface area contributed by atoms with Crippen molar-refractivity contribution in [1.29, 1.82) is 0 Å². The van der Waals surface area contributed by atoms with Gasteiger partial charge in [0.05, 0.1) is 6.61 Å². The number of rotatable bonds is 4. The van der Waals surface area contributed by atoms with Gasteiger partial charge in [-0.15, -0.1) is 0 Å². The van der Waals surface area contributed by atoms with Gasteiger partial charge in [-0.3, -0.25) is 0 Å². The quantitative estimate of drug-likeness (QED) is 0.340. The molecular formula is C8H14O2. The van der Waals surface area contributed by atoms with Gasteiger partial charge in [-0.05, 0) is 12.8 Å². The highest BCUT2D eigenvalue weighted by Crippen LogP contribution is 2.29. The van der Waals surface area contributed by atoms with Crippen LogP contribution in [0.4, 0.5) is 0 Å². The summed E-state index contributed by atoms with van der Waals surface area (Å²) in [6.45, 7) is 4.98. The Hall–Kier alpha value is -0.660. The molecule has 0 spiro atoms. The van der Waals surface area contributed by atoms with Crippen LogP contribution in [0, 0.1) is 0 Å². The molecule has 1 saturated heterocycles. The highest BCUT2D eigenvalue weighted by molar-refractivity contribution is 5.09. The van der Waals surface area contributed by atoms with Crippen LogP contribution in [0.2, 0.25) is 0 Å². The summed E-state index contributed by atoms with van der Waals surface area (Å²) in [4.78, 5) is 0. The Balaban J connectivity index is 2.07. The van der Waals surface area contributed by atoms with Crippen molar-refractivity contribution in [3.63, 3.8) is 0 Å². The third-order valence-corrected chi connectivity index (χ3v) is 1.43. The molecule has 2 nitrogen and oxygen atoms in total. The molecule has 0 N–H and O–H groups in total. The van der Waals surface area contributed by atoms with Crippen molar-refractivity contribution in [1.82, 2.24) is 0 Å². The van der Waals surface area contributed by atoms with Crippen molar-refractivity contribution in [3.05, 3.63) is 12.0 Å². The van der Waals surface area contributed by atoms with Crippen LogP contribution in [0.15, 0.2) is 12.0 Å². The minimum Gasteiger partial charge on any atom is -0.498 e. The summed E-state index contributed by atoms with van der Waals surface area (Å²) < 4.78 is 10.3. The zero-order valence-corrected chi connectivity index (χ0v) is 6.59. The van der Waals surface area contributed by atoms with Crippen LogP contribution in [0.5, 0.6) is 0 Å². The first-order valence-electron chi connectivity index (χ1n) is 3.86. The summed E-state index contributed by atoms with van der Waals surface area (Å²) in [5.74, 6) is 1.01. The maximum Gasteiger partial charge on any atom is 0.172 e.